The van der Waals surface area contributed by atoms with Crippen molar-refractivity contribution in [3.8, 4) is 0 Å². The SMILES string of the molecule is Cn1ccnc1/C=C1/C(=O)Nc2cc(/C=C/CNC(=O)c3cccn(Cc4cc(F)c(F)c(F)c4)c3=O)ccc21. The largest absolute Gasteiger partial charge is 0.348 e. The predicted octanol–water partition coefficient (Wildman–Crippen LogP) is 3.98. The van der Waals surface area contributed by atoms with Gasteiger partial charge in [-0.2, -0.15) is 0 Å². The summed E-state index contributed by atoms with van der Waals surface area (Å²) in [6.07, 6.45) is 9.97. The third kappa shape index (κ3) is 5.35. The van der Waals surface area contributed by atoms with Crippen LogP contribution in [0, 0.1) is 17.5 Å². The quantitative estimate of drug-likeness (QED) is 0.271. The van der Waals surface area contributed by atoms with Crippen molar-refractivity contribution in [1.82, 2.24) is 19.4 Å². The first-order valence-corrected chi connectivity index (χ1v) is 12.1. The Morgan fingerprint density at radius 3 is 2.58 bits per heavy atom. The van der Waals surface area contributed by atoms with Crippen LogP contribution in [0.5, 0.6) is 0 Å². The minimum atomic E-state index is -1.59. The third-order valence-corrected chi connectivity index (χ3v) is 6.31. The van der Waals surface area contributed by atoms with Gasteiger partial charge in [0.2, 0.25) is 0 Å². The van der Waals surface area contributed by atoms with Gasteiger partial charge < -0.3 is 19.8 Å². The van der Waals surface area contributed by atoms with Gasteiger partial charge in [-0.25, -0.2) is 18.2 Å². The first-order chi connectivity index (χ1) is 19.2. The average Bonchev–Trinajstić information content (AvgIpc) is 3.47. The van der Waals surface area contributed by atoms with E-state index in [4.69, 9.17) is 0 Å². The molecular weight excluding hydrogens is 523 g/mol. The summed E-state index contributed by atoms with van der Waals surface area (Å²) in [4.78, 5) is 42.1. The Kier molecular flexibility index (Phi) is 7.19. The van der Waals surface area contributed by atoms with E-state index in [2.05, 4.69) is 15.6 Å². The maximum absolute atomic E-state index is 13.5. The zero-order chi connectivity index (χ0) is 28.4. The number of nitrogens with zero attached hydrogens (tertiary/aromatic N) is 3. The number of nitrogens with one attached hydrogen (secondary N) is 2. The Balaban J connectivity index is 1.23. The summed E-state index contributed by atoms with van der Waals surface area (Å²) in [5, 5.41) is 5.47. The minimum Gasteiger partial charge on any atom is -0.348 e. The van der Waals surface area contributed by atoms with Crippen molar-refractivity contribution in [2.24, 2.45) is 7.05 Å². The minimum absolute atomic E-state index is 0.0313. The van der Waals surface area contributed by atoms with E-state index in [0.717, 1.165) is 27.8 Å². The molecule has 11 heteroatoms. The van der Waals surface area contributed by atoms with Crippen molar-refractivity contribution in [1.29, 1.82) is 0 Å². The third-order valence-electron chi connectivity index (χ3n) is 6.31. The highest BCUT2D eigenvalue weighted by atomic mass is 19.2. The van der Waals surface area contributed by atoms with E-state index >= 15 is 0 Å². The van der Waals surface area contributed by atoms with Crippen LogP contribution in [0.25, 0.3) is 17.7 Å². The molecule has 1 aliphatic rings. The van der Waals surface area contributed by atoms with Gasteiger partial charge in [-0.1, -0.05) is 24.3 Å². The van der Waals surface area contributed by atoms with E-state index in [0.29, 0.717) is 17.1 Å². The summed E-state index contributed by atoms with van der Waals surface area (Å²) >= 11 is 0. The Labute approximate surface area is 226 Å². The number of carbonyl (C=O) groups excluding carboxylic acids is 2. The number of halogens is 3. The van der Waals surface area contributed by atoms with E-state index in [1.165, 1.54) is 18.3 Å². The summed E-state index contributed by atoms with van der Waals surface area (Å²) in [6.45, 7) is -0.142. The number of pyridine rings is 1. The Morgan fingerprint density at radius 2 is 1.85 bits per heavy atom. The monoisotopic (exact) mass is 545 g/mol. The molecule has 0 saturated carbocycles. The van der Waals surface area contributed by atoms with Gasteiger partial charge in [-0.15, -0.1) is 0 Å². The van der Waals surface area contributed by atoms with Gasteiger partial charge in [0, 0.05) is 43.4 Å². The van der Waals surface area contributed by atoms with Crippen LogP contribution in [0.3, 0.4) is 0 Å². The lowest BCUT2D eigenvalue weighted by atomic mass is 10.0. The molecule has 8 nitrogen and oxygen atoms in total. The lowest BCUT2D eigenvalue weighted by Crippen LogP contribution is -2.33. The molecule has 2 aromatic carbocycles. The number of carbonyl (C=O) groups is 2. The first kappa shape index (κ1) is 26.4. The number of anilines is 1. The van der Waals surface area contributed by atoms with Gasteiger partial charge in [-0.3, -0.25) is 14.4 Å². The second kappa shape index (κ2) is 10.9. The zero-order valence-electron chi connectivity index (χ0n) is 21.1. The molecule has 0 spiro atoms. The molecule has 1 aliphatic heterocycles. The highest BCUT2D eigenvalue weighted by Gasteiger charge is 2.24. The molecule has 0 saturated heterocycles. The van der Waals surface area contributed by atoms with E-state index in [9.17, 15) is 27.6 Å². The van der Waals surface area contributed by atoms with Gasteiger partial charge in [0.1, 0.15) is 11.4 Å². The highest BCUT2D eigenvalue weighted by molar-refractivity contribution is 6.34. The molecule has 202 valence electrons. The summed E-state index contributed by atoms with van der Waals surface area (Å²) in [6, 6.07) is 9.85. The smallest absolute Gasteiger partial charge is 0.263 e. The lowest BCUT2D eigenvalue weighted by Gasteiger charge is -2.09. The molecule has 0 radical (unpaired) electrons. The second-order valence-electron chi connectivity index (χ2n) is 9.05. The molecule has 40 heavy (non-hydrogen) atoms. The summed E-state index contributed by atoms with van der Waals surface area (Å²) in [5.74, 6) is -4.53. The van der Waals surface area contributed by atoms with Crippen LogP contribution in [0.4, 0.5) is 18.9 Å². The highest BCUT2D eigenvalue weighted by Crippen LogP contribution is 2.33. The second-order valence-corrected chi connectivity index (χ2v) is 9.05. The van der Waals surface area contributed by atoms with E-state index in [1.54, 1.807) is 30.6 Å². The number of fused-ring (bicyclic) bond motifs is 1. The van der Waals surface area contributed by atoms with Crippen molar-refractivity contribution in [3.05, 3.63) is 123 Å². The van der Waals surface area contributed by atoms with Crippen molar-refractivity contribution in [2.45, 2.75) is 6.54 Å². The van der Waals surface area contributed by atoms with Crippen molar-refractivity contribution < 1.29 is 22.8 Å². The summed E-state index contributed by atoms with van der Waals surface area (Å²) in [5.41, 5.74) is 1.91. The van der Waals surface area contributed by atoms with E-state index in [-0.39, 0.29) is 30.1 Å². The Bertz CT molecular complexity index is 1750. The number of hydrogen-bond donors (Lipinski definition) is 2. The normalized spacial score (nSPS) is 13.6. The molecule has 5 rings (SSSR count). The Hall–Kier alpha value is -5.19. The molecule has 3 heterocycles. The maximum atomic E-state index is 13.5. The topological polar surface area (TPSA) is 98.0 Å². The van der Waals surface area contributed by atoms with Gasteiger partial charge in [0.15, 0.2) is 17.5 Å². The van der Waals surface area contributed by atoms with Gasteiger partial charge >= 0.3 is 0 Å². The van der Waals surface area contributed by atoms with Crippen LogP contribution in [-0.2, 0) is 18.4 Å². The molecule has 4 aromatic rings. The zero-order valence-corrected chi connectivity index (χ0v) is 21.1. The van der Waals surface area contributed by atoms with Crippen molar-refractivity contribution >= 4 is 35.2 Å². The average molecular weight is 546 g/mol. The van der Waals surface area contributed by atoms with Crippen LogP contribution >= 0.6 is 0 Å². The van der Waals surface area contributed by atoms with Crippen molar-refractivity contribution in [2.75, 3.05) is 11.9 Å². The molecule has 0 unspecified atom stereocenters. The number of aryl methyl sites for hydroxylation is 1. The van der Waals surface area contributed by atoms with Gasteiger partial charge in [-0.05, 0) is 47.5 Å². The van der Waals surface area contributed by atoms with Crippen molar-refractivity contribution in [3.63, 3.8) is 0 Å². The van der Waals surface area contributed by atoms with Crippen LogP contribution in [0.1, 0.15) is 32.9 Å². The molecule has 0 atom stereocenters. The maximum Gasteiger partial charge on any atom is 0.263 e. The fraction of sp³-hybridized carbons (Fsp3) is 0.103. The van der Waals surface area contributed by atoms with Gasteiger partial charge in [0.05, 0.1) is 12.1 Å². The molecule has 0 aliphatic carbocycles. The van der Waals surface area contributed by atoms with Crippen LogP contribution in [0.15, 0.2) is 71.9 Å². The van der Waals surface area contributed by atoms with Crippen LogP contribution in [0.2, 0.25) is 0 Å². The number of hydrogen-bond acceptors (Lipinski definition) is 4. The number of aromatic nitrogens is 3. The summed E-state index contributed by atoms with van der Waals surface area (Å²) in [7, 11) is 1.84. The van der Waals surface area contributed by atoms with E-state index < -0.39 is 28.9 Å². The van der Waals surface area contributed by atoms with E-state index in [1.807, 2.05) is 29.8 Å². The number of rotatable bonds is 7. The summed E-state index contributed by atoms with van der Waals surface area (Å²) < 4.78 is 43.2. The fourth-order valence-corrected chi connectivity index (χ4v) is 4.28. The van der Waals surface area contributed by atoms with Crippen LogP contribution < -0.4 is 16.2 Å². The molecule has 0 fully saturated rings. The molecule has 2 N–H and O–H groups in total. The first-order valence-electron chi connectivity index (χ1n) is 12.1. The van der Waals surface area contributed by atoms with Crippen LogP contribution in [-0.4, -0.2) is 32.5 Å². The van der Waals surface area contributed by atoms with Gasteiger partial charge in [0.25, 0.3) is 17.4 Å². The number of imidazole rings is 1. The predicted molar refractivity (Wildman–Crippen MR) is 144 cm³/mol. The molecule has 0 bridgehead atoms. The number of amides is 2. The molecular formula is C29H22F3N5O3. The Morgan fingerprint density at radius 1 is 1.07 bits per heavy atom. The fourth-order valence-electron chi connectivity index (χ4n) is 4.28. The standard InChI is InChI=1S/C29H22F3N5O3/c1-36-11-9-33-25(36)15-21-19-7-6-17(14-24(19)35-28(21)39)4-2-8-34-27(38)20-5-3-10-37(29(20)40)16-18-12-22(30)26(32)23(31)13-18/h2-7,9-15H,8,16H2,1H3,(H,34,38)(H,35,39)/b4-2+,21-15+. The molecule has 2 amide bonds. The number of benzene rings is 2. The molecule has 2 aromatic heterocycles. The lowest BCUT2D eigenvalue weighted by molar-refractivity contribution is -0.110.